The van der Waals surface area contributed by atoms with E-state index in [1.165, 1.54) is 34.4 Å². The third-order valence-electron chi connectivity index (χ3n) is 15.2. The fraction of sp³-hybridized carbons (Fsp3) is 0.141. The Morgan fingerprint density at radius 3 is 0.922 bits per heavy atom. The minimum atomic E-state index is -4.60. The largest absolute Gasteiger partial charge is 0.416 e. The van der Waals surface area contributed by atoms with Gasteiger partial charge in [0.25, 0.3) is 0 Å². The molecular weight excluding hydrogens is 952 g/mol. The van der Waals surface area contributed by atoms with Crippen molar-refractivity contribution in [1.82, 2.24) is 9.13 Å². The van der Waals surface area contributed by atoms with E-state index in [1.807, 2.05) is 18.2 Å². The molecule has 0 radical (unpaired) electrons. The summed E-state index contributed by atoms with van der Waals surface area (Å²) < 4.78 is 49.4. The molecule has 0 saturated carbocycles. The molecule has 0 bridgehead atoms. The summed E-state index contributed by atoms with van der Waals surface area (Å²) in [6.07, 6.45) is -4.60. The highest BCUT2D eigenvalue weighted by molar-refractivity contribution is 6.14. The first-order valence-corrected chi connectivity index (χ1v) is 26.1. The first kappa shape index (κ1) is 49.0. The molecule has 0 spiro atoms. The summed E-state index contributed by atoms with van der Waals surface area (Å²) in [5.41, 5.74) is 23.6. The number of aromatic nitrogens is 2. The average Bonchev–Trinajstić information content (AvgIpc) is 3.91. The first-order chi connectivity index (χ1) is 36.8. The molecule has 0 unspecified atom stereocenters. The van der Waals surface area contributed by atoms with Gasteiger partial charge < -0.3 is 9.13 Å². The van der Waals surface area contributed by atoms with Crippen molar-refractivity contribution in [3.63, 3.8) is 0 Å². The second-order valence-electron chi connectivity index (χ2n) is 21.7. The Morgan fingerprint density at radius 2 is 0.610 bits per heavy atom. The van der Waals surface area contributed by atoms with Gasteiger partial charge in [0.2, 0.25) is 0 Å². The number of hydrogen-bond donors (Lipinski definition) is 0. The van der Waals surface area contributed by atoms with Gasteiger partial charge in [-0.05, 0) is 191 Å². The van der Waals surface area contributed by atoms with E-state index < -0.39 is 11.7 Å². The molecule has 3 nitrogen and oxygen atoms in total. The Morgan fingerprint density at radius 1 is 0.312 bits per heavy atom. The molecule has 0 atom stereocenters. The monoisotopic (exact) mass is 1010 g/mol. The molecule has 0 amide bonds. The molecule has 0 aliphatic heterocycles. The third-order valence-corrected chi connectivity index (χ3v) is 15.2. The lowest BCUT2D eigenvalue weighted by Crippen LogP contribution is -2.07. The standard InChI is InChI=1S/C71H56F3N3/c1-40-18-41(2)23-53(22-40)49-10-14-65-61(33-49)62-34-50(54-24-42(3)19-43(4)25-54)11-15-66(62)76(65)69-38-60(57-30-48(9)31-59(32-57)71(72,73)74)70(37-58(69)39-75)77-67-16-12-51(55-26-44(5)20-45(6)27-55)35-63(67)64-36-52(13-17-68(64)77)56-28-46(7)21-47(8)29-56/h10-38H,1-9H3. The Bertz CT molecular complexity index is 4200. The minimum Gasteiger partial charge on any atom is -0.309 e. The van der Waals surface area contributed by atoms with Crippen LogP contribution in [0.1, 0.15) is 61.2 Å². The van der Waals surface area contributed by atoms with Gasteiger partial charge in [-0.1, -0.05) is 148 Å². The Kier molecular flexibility index (Phi) is 11.7. The Hall–Kier alpha value is -8.92. The normalized spacial score (nSPS) is 11.9. The number of alkyl halides is 3. The highest BCUT2D eigenvalue weighted by Gasteiger charge is 2.32. The predicted octanol–water partition coefficient (Wildman–Crippen LogP) is 19.9. The number of nitriles is 1. The van der Waals surface area contributed by atoms with Crippen molar-refractivity contribution in [2.45, 2.75) is 68.5 Å². The second kappa shape index (κ2) is 18.4. The summed E-state index contributed by atoms with van der Waals surface area (Å²) in [6.45, 7) is 18.6. The first-order valence-electron chi connectivity index (χ1n) is 26.1. The van der Waals surface area contributed by atoms with Crippen molar-refractivity contribution in [2.75, 3.05) is 0 Å². The maximum absolute atomic E-state index is 15.0. The Labute approximate surface area is 447 Å². The topological polar surface area (TPSA) is 33.6 Å². The van der Waals surface area contributed by atoms with Crippen LogP contribution in [0.15, 0.2) is 176 Å². The fourth-order valence-corrected chi connectivity index (χ4v) is 12.2. The highest BCUT2D eigenvalue weighted by atomic mass is 19.4. The molecule has 6 heteroatoms. The van der Waals surface area contributed by atoms with Gasteiger partial charge in [-0.25, -0.2) is 0 Å². The average molecular weight is 1010 g/mol. The van der Waals surface area contributed by atoms with Gasteiger partial charge in [0.05, 0.1) is 44.6 Å². The van der Waals surface area contributed by atoms with Crippen molar-refractivity contribution in [3.05, 3.63) is 237 Å². The van der Waals surface area contributed by atoms with Gasteiger partial charge in [0.1, 0.15) is 6.07 Å². The molecule has 0 aliphatic carbocycles. The van der Waals surface area contributed by atoms with E-state index in [1.54, 1.807) is 6.92 Å². The van der Waals surface area contributed by atoms with Gasteiger partial charge >= 0.3 is 6.18 Å². The van der Waals surface area contributed by atoms with Crippen molar-refractivity contribution >= 4 is 43.6 Å². The van der Waals surface area contributed by atoms with E-state index in [4.69, 9.17) is 0 Å². The summed E-state index contributed by atoms with van der Waals surface area (Å²) in [5.74, 6) is 0. The van der Waals surface area contributed by atoms with E-state index in [9.17, 15) is 5.26 Å². The Balaban J connectivity index is 1.18. The van der Waals surface area contributed by atoms with Crippen molar-refractivity contribution in [2.24, 2.45) is 0 Å². The molecule has 12 aromatic rings. The highest BCUT2D eigenvalue weighted by Crippen LogP contribution is 2.45. The lowest BCUT2D eigenvalue weighted by molar-refractivity contribution is -0.137. The van der Waals surface area contributed by atoms with E-state index in [2.05, 4.69) is 216 Å². The van der Waals surface area contributed by atoms with Crippen LogP contribution in [0.25, 0.3) is 111 Å². The third kappa shape index (κ3) is 8.86. The van der Waals surface area contributed by atoms with Gasteiger partial charge in [-0.3, -0.25) is 0 Å². The lowest BCUT2D eigenvalue weighted by atomic mass is 9.95. The molecule has 12 rings (SSSR count). The fourth-order valence-electron chi connectivity index (χ4n) is 12.2. The summed E-state index contributed by atoms with van der Waals surface area (Å²) in [5, 5.41) is 15.5. The molecule has 0 N–H and O–H groups in total. The minimum absolute atomic E-state index is 0.372. The zero-order chi connectivity index (χ0) is 53.8. The van der Waals surface area contributed by atoms with Crippen LogP contribution in [0.4, 0.5) is 13.2 Å². The van der Waals surface area contributed by atoms with Gasteiger partial charge in [0.15, 0.2) is 0 Å². The van der Waals surface area contributed by atoms with E-state index in [0.29, 0.717) is 33.6 Å². The summed E-state index contributed by atoms with van der Waals surface area (Å²) in [4.78, 5) is 0. The molecule has 376 valence electrons. The van der Waals surface area contributed by atoms with Crippen molar-refractivity contribution in [1.29, 1.82) is 5.26 Å². The number of rotatable bonds is 7. The number of nitrogens with zero attached hydrogens (tertiary/aromatic N) is 3. The molecule has 0 aliphatic rings. The van der Waals surface area contributed by atoms with Crippen LogP contribution >= 0.6 is 0 Å². The summed E-state index contributed by atoms with van der Waals surface area (Å²) in [7, 11) is 0. The zero-order valence-electron chi connectivity index (χ0n) is 44.7. The molecule has 2 aromatic heterocycles. The van der Waals surface area contributed by atoms with E-state index in [0.717, 1.165) is 110 Å². The SMILES string of the molecule is Cc1cc(C)cc(-c2ccc3c(c2)c2cc(-c4cc(C)cc(C)c4)ccc2n3-c2cc(-c3cc(C)cc(C(F)(F)F)c3)c(-n3c4ccc(-c5cc(C)cc(C)c5)cc4c4cc(-c5cc(C)cc(C)c5)ccc43)cc2C#N)c1. The molecule has 2 heterocycles. The maximum Gasteiger partial charge on any atom is 0.416 e. The van der Waals surface area contributed by atoms with Crippen LogP contribution < -0.4 is 0 Å². The molecule has 77 heavy (non-hydrogen) atoms. The van der Waals surface area contributed by atoms with Crippen LogP contribution in [0.3, 0.4) is 0 Å². The van der Waals surface area contributed by atoms with Crippen LogP contribution in [0.2, 0.25) is 0 Å². The number of halogens is 3. The maximum atomic E-state index is 15.0. The van der Waals surface area contributed by atoms with Crippen LogP contribution in [-0.2, 0) is 6.18 Å². The van der Waals surface area contributed by atoms with Crippen molar-refractivity contribution in [3.8, 4) is 73.1 Å². The van der Waals surface area contributed by atoms with Crippen molar-refractivity contribution < 1.29 is 13.2 Å². The van der Waals surface area contributed by atoms with Crippen LogP contribution in [0.5, 0.6) is 0 Å². The number of aryl methyl sites for hydroxylation is 9. The second-order valence-corrected chi connectivity index (χ2v) is 21.7. The lowest BCUT2D eigenvalue weighted by Gasteiger charge is -2.20. The van der Waals surface area contributed by atoms with Gasteiger partial charge in [-0.2, -0.15) is 18.4 Å². The van der Waals surface area contributed by atoms with E-state index >= 15 is 13.2 Å². The smallest absolute Gasteiger partial charge is 0.309 e. The predicted molar refractivity (Wildman–Crippen MR) is 315 cm³/mol. The van der Waals surface area contributed by atoms with Crippen LogP contribution in [0, 0.1) is 73.6 Å². The van der Waals surface area contributed by atoms with Gasteiger partial charge in [-0.15, -0.1) is 0 Å². The number of benzene rings is 10. The number of hydrogen-bond acceptors (Lipinski definition) is 1. The summed E-state index contributed by atoms with van der Waals surface area (Å²) in [6, 6.07) is 62.9. The zero-order valence-corrected chi connectivity index (χ0v) is 44.7. The number of fused-ring (bicyclic) bond motifs is 6. The molecule has 0 saturated heterocycles. The molecule has 10 aromatic carbocycles. The molecular formula is C71H56F3N3. The summed E-state index contributed by atoms with van der Waals surface area (Å²) >= 11 is 0. The quantitative estimate of drug-likeness (QED) is 0.157. The van der Waals surface area contributed by atoms with E-state index in [-0.39, 0.29) is 0 Å². The molecule has 0 fully saturated rings. The van der Waals surface area contributed by atoms with Gasteiger partial charge in [0, 0.05) is 27.1 Å². The van der Waals surface area contributed by atoms with Crippen LogP contribution in [-0.4, -0.2) is 9.13 Å².